The van der Waals surface area contributed by atoms with E-state index in [1.807, 2.05) is 0 Å². The Morgan fingerprint density at radius 3 is 1.93 bits per heavy atom. The first kappa shape index (κ1) is 11.1. The molecule has 78 valence electrons. The van der Waals surface area contributed by atoms with Gasteiger partial charge in [0.2, 0.25) is 0 Å². The first-order chi connectivity index (χ1) is 6.25. The van der Waals surface area contributed by atoms with E-state index in [0.717, 1.165) is 5.69 Å². The number of benzene rings is 1. The number of aryl methyl sites for hydroxylation is 2. The molecule has 0 fully saturated rings. The molecule has 14 heavy (non-hydrogen) atoms. The average Bonchev–Trinajstić information content (AvgIpc) is 1.97. The average molecular weight is 191 g/mol. The number of nitrogen functional groups attached to an aromatic ring is 1. The monoisotopic (exact) mass is 191 g/mol. The number of anilines is 1. The molecule has 1 rings (SSSR count). The summed E-state index contributed by atoms with van der Waals surface area (Å²) < 4.78 is 0. The molecule has 0 radical (unpaired) electrons. The van der Waals surface area contributed by atoms with Gasteiger partial charge in [0.1, 0.15) is 0 Å². The SMILES string of the molecule is Cc1cc(C)c(C(C)(C)C)c(C)c1N. The maximum atomic E-state index is 6.05. The number of hydrogen-bond donors (Lipinski definition) is 1. The fourth-order valence-electron chi connectivity index (χ4n) is 2.35. The lowest BCUT2D eigenvalue weighted by atomic mass is 9.80. The van der Waals surface area contributed by atoms with Gasteiger partial charge in [0.15, 0.2) is 0 Å². The molecule has 0 saturated carbocycles. The van der Waals surface area contributed by atoms with Gasteiger partial charge in [-0.15, -0.1) is 0 Å². The minimum absolute atomic E-state index is 0.177. The molecule has 0 aliphatic rings. The second kappa shape index (κ2) is 3.30. The first-order valence-electron chi connectivity index (χ1n) is 5.12. The molecule has 1 heteroatoms. The summed E-state index contributed by atoms with van der Waals surface area (Å²) in [4.78, 5) is 0. The lowest BCUT2D eigenvalue weighted by molar-refractivity contribution is 0.582. The van der Waals surface area contributed by atoms with Crippen molar-refractivity contribution in [2.45, 2.75) is 47.0 Å². The summed E-state index contributed by atoms with van der Waals surface area (Å²) in [5, 5.41) is 0. The molecule has 0 aliphatic heterocycles. The summed E-state index contributed by atoms with van der Waals surface area (Å²) in [5.74, 6) is 0. The third kappa shape index (κ3) is 1.77. The van der Waals surface area contributed by atoms with Crippen molar-refractivity contribution in [2.24, 2.45) is 0 Å². The number of hydrogen-bond acceptors (Lipinski definition) is 1. The highest BCUT2D eigenvalue weighted by Crippen LogP contribution is 2.33. The largest absolute Gasteiger partial charge is 0.398 e. The van der Waals surface area contributed by atoms with Crippen LogP contribution in [0.15, 0.2) is 6.07 Å². The smallest absolute Gasteiger partial charge is 0.0376 e. The zero-order valence-corrected chi connectivity index (χ0v) is 10.2. The van der Waals surface area contributed by atoms with Crippen LogP contribution in [0.4, 0.5) is 5.69 Å². The van der Waals surface area contributed by atoms with Gasteiger partial charge in [-0.3, -0.25) is 0 Å². The molecule has 1 aromatic rings. The Kier molecular flexibility index (Phi) is 2.62. The van der Waals surface area contributed by atoms with Crippen molar-refractivity contribution in [3.63, 3.8) is 0 Å². The van der Waals surface area contributed by atoms with Crippen LogP contribution in [0.2, 0.25) is 0 Å². The third-order valence-corrected chi connectivity index (χ3v) is 2.78. The molecule has 0 heterocycles. The van der Waals surface area contributed by atoms with Crippen LogP contribution in [0.1, 0.15) is 43.0 Å². The van der Waals surface area contributed by atoms with E-state index < -0.39 is 0 Å². The Morgan fingerprint density at radius 2 is 1.50 bits per heavy atom. The Morgan fingerprint density at radius 1 is 1.00 bits per heavy atom. The second-order valence-corrected chi connectivity index (χ2v) is 5.17. The van der Waals surface area contributed by atoms with Gasteiger partial charge in [0.25, 0.3) is 0 Å². The van der Waals surface area contributed by atoms with Crippen LogP contribution in [0, 0.1) is 20.8 Å². The third-order valence-electron chi connectivity index (χ3n) is 2.78. The van der Waals surface area contributed by atoms with Crippen LogP contribution in [0.3, 0.4) is 0 Å². The van der Waals surface area contributed by atoms with Gasteiger partial charge >= 0.3 is 0 Å². The van der Waals surface area contributed by atoms with E-state index in [-0.39, 0.29) is 5.41 Å². The zero-order chi connectivity index (χ0) is 11.1. The predicted octanol–water partition coefficient (Wildman–Crippen LogP) is 3.49. The van der Waals surface area contributed by atoms with Crippen molar-refractivity contribution >= 4 is 5.69 Å². The van der Waals surface area contributed by atoms with Gasteiger partial charge in [0, 0.05) is 5.69 Å². The summed E-state index contributed by atoms with van der Waals surface area (Å²) in [6.45, 7) is 13.1. The molecule has 1 nitrogen and oxygen atoms in total. The molecular weight excluding hydrogens is 170 g/mol. The van der Waals surface area contributed by atoms with Crippen LogP contribution in [0.5, 0.6) is 0 Å². The molecule has 0 unspecified atom stereocenters. The lowest BCUT2D eigenvalue weighted by Crippen LogP contribution is -2.16. The molecule has 0 spiro atoms. The summed E-state index contributed by atoms with van der Waals surface area (Å²) in [7, 11) is 0. The topological polar surface area (TPSA) is 26.0 Å². The molecule has 0 amide bonds. The number of nitrogens with two attached hydrogens (primary N) is 1. The van der Waals surface area contributed by atoms with Crippen LogP contribution < -0.4 is 5.73 Å². The highest BCUT2D eigenvalue weighted by molar-refractivity contribution is 5.60. The van der Waals surface area contributed by atoms with Gasteiger partial charge in [-0.25, -0.2) is 0 Å². The molecule has 2 N–H and O–H groups in total. The molecule has 0 aliphatic carbocycles. The van der Waals surface area contributed by atoms with Crippen LogP contribution in [-0.4, -0.2) is 0 Å². The van der Waals surface area contributed by atoms with Crippen molar-refractivity contribution in [1.82, 2.24) is 0 Å². The fourth-order valence-corrected chi connectivity index (χ4v) is 2.35. The van der Waals surface area contributed by atoms with E-state index in [1.165, 1.54) is 22.3 Å². The maximum absolute atomic E-state index is 6.05. The van der Waals surface area contributed by atoms with E-state index >= 15 is 0 Å². The normalized spacial score (nSPS) is 11.9. The van der Waals surface area contributed by atoms with Crippen molar-refractivity contribution in [3.05, 3.63) is 28.3 Å². The molecular formula is C13H21N. The van der Waals surface area contributed by atoms with E-state index in [0.29, 0.717) is 0 Å². The van der Waals surface area contributed by atoms with Gasteiger partial charge in [0.05, 0.1) is 0 Å². The number of rotatable bonds is 0. The van der Waals surface area contributed by atoms with E-state index in [1.54, 1.807) is 0 Å². The van der Waals surface area contributed by atoms with Crippen LogP contribution >= 0.6 is 0 Å². The van der Waals surface area contributed by atoms with Crippen molar-refractivity contribution in [2.75, 3.05) is 5.73 Å². The highest BCUT2D eigenvalue weighted by atomic mass is 14.6. The Labute approximate surface area is 87.3 Å². The molecule has 0 bridgehead atoms. The highest BCUT2D eigenvalue weighted by Gasteiger charge is 2.20. The molecule has 0 aromatic heterocycles. The summed E-state index contributed by atoms with van der Waals surface area (Å²) in [6.07, 6.45) is 0. The van der Waals surface area contributed by atoms with Crippen LogP contribution in [0.25, 0.3) is 0 Å². The Balaban J connectivity index is 3.53. The molecule has 1 aromatic carbocycles. The molecule has 0 saturated heterocycles. The maximum Gasteiger partial charge on any atom is 0.0376 e. The van der Waals surface area contributed by atoms with E-state index in [9.17, 15) is 0 Å². The van der Waals surface area contributed by atoms with Gasteiger partial charge in [-0.05, 0) is 48.4 Å². The van der Waals surface area contributed by atoms with Gasteiger partial charge in [-0.2, -0.15) is 0 Å². The fraction of sp³-hybridized carbons (Fsp3) is 0.538. The van der Waals surface area contributed by atoms with Crippen LogP contribution in [-0.2, 0) is 5.41 Å². The van der Waals surface area contributed by atoms with Gasteiger partial charge in [-0.1, -0.05) is 26.8 Å². The van der Waals surface area contributed by atoms with Crippen molar-refractivity contribution in [1.29, 1.82) is 0 Å². The Hall–Kier alpha value is -0.980. The Bertz CT molecular complexity index is 356. The van der Waals surface area contributed by atoms with E-state index in [4.69, 9.17) is 5.73 Å². The minimum atomic E-state index is 0.177. The second-order valence-electron chi connectivity index (χ2n) is 5.17. The lowest BCUT2D eigenvalue weighted by Gasteiger charge is -2.26. The quantitative estimate of drug-likeness (QED) is 0.624. The standard InChI is InChI=1S/C13H21N/c1-8-7-9(2)12(14)10(3)11(8)13(4,5)6/h7H,14H2,1-6H3. The zero-order valence-electron chi connectivity index (χ0n) is 10.2. The molecule has 0 atom stereocenters. The van der Waals surface area contributed by atoms with E-state index in [2.05, 4.69) is 47.6 Å². The van der Waals surface area contributed by atoms with Gasteiger partial charge < -0.3 is 5.73 Å². The summed E-state index contributed by atoms with van der Waals surface area (Å²) in [5.41, 5.74) is 12.3. The minimum Gasteiger partial charge on any atom is -0.398 e. The van der Waals surface area contributed by atoms with Crippen molar-refractivity contribution in [3.8, 4) is 0 Å². The first-order valence-corrected chi connectivity index (χ1v) is 5.12. The van der Waals surface area contributed by atoms with Crippen molar-refractivity contribution < 1.29 is 0 Å². The summed E-state index contributed by atoms with van der Waals surface area (Å²) >= 11 is 0. The predicted molar refractivity (Wildman–Crippen MR) is 63.8 cm³/mol. The summed E-state index contributed by atoms with van der Waals surface area (Å²) in [6, 6.07) is 2.18.